The van der Waals surface area contributed by atoms with Gasteiger partial charge < -0.3 is 5.32 Å². The van der Waals surface area contributed by atoms with Crippen molar-refractivity contribution in [1.29, 1.82) is 0 Å². The topological polar surface area (TPSA) is 42.0 Å². The van der Waals surface area contributed by atoms with Crippen LogP contribution in [0, 0.1) is 5.82 Å². The Balaban J connectivity index is 1.76. The van der Waals surface area contributed by atoms with Gasteiger partial charge in [-0.25, -0.2) is 4.39 Å². The molecule has 3 nitrogen and oxygen atoms in total. The molecule has 0 saturated carbocycles. The third-order valence-electron chi connectivity index (χ3n) is 2.74. The van der Waals surface area contributed by atoms with Crippen LogP contribution in [0.15, 0.2) is 48.8 Å². The molecule has 0 bridgehead atoms. The van der Waals surface area contributed by atoms with Crippen molar-refractivity contribution < 1.29 is 9.18 Å². The Bertz CT molecular complexity index is 543. The number of rotatable bonds is 5. The first-order chi connectivity index (χ1) is 9.24. The summed E-state index contributed by atoms with van der Waals surface area (Å²) in [6.45, 7) is 0.351. The van der Waals surface area contributed by atoms with Crippen LogP contribution in [-0.2, 0) is 17.8 Å². The molecule has 0 atom stereocenters. The van der Waals surface area contributed by atoms with Crippen molar-refractivity contribution in [2.24, 2.45) is 0 Å². The number of benzene rings is 1. The van der Waals surface area contributed by atoms with Crippen LogP contribution in [-0.4, -0.2) is 10.9 Å². The zero-order valence-corrected chi connectivity index (χ0v) is 10.5. The summed E-state index contributed by atoms with van der Waals surface area (Å²) in [5, 5.41) is 2.77. The van der Waals surface area contributed by atoms with E-state index in [1.54, 1.807) is 24.5 Å². The first-order valence-corrected chi connectivity index (χ1v) is 6.14. The van der Waals surface area contributed by atoms with E-state index in [9.17, 15) is 9.18 Å². The van der Waals surface area contributed by atoms with Gasteiger partial charge in [-0.1, -0.05) is 18.2 Å². The molecule has 98 valence electrons. The van der Waals surface area contributed by atoms with Crippen LogP contribution in [0.2, 0.25) is 0 Å². The molecule has 1 aromatic carbocycles. The lowest BCUT2D eigenvalue weighted by atomic mass is 10.1. The van der Waals surface area contributed by atoms with Crippen molar-refractivity contribution in [2.45, 2.75) is 19.4 Å². The van der Waals surface area contributed by atoms with Gasteiger partial charge in [0.05, 0.1) is 0 Å². The van der Waals surface area contributed by atoms with Gasteiger partial charge in [-0.05, 0) is 35.7 Å². The summed E-state index contributed by atoms with van der Waals surface area (Å²) in [5.74, 6) is -0.338. The van der Waals surface area contributed by atoms with Gasteiger partial charge in [-0.3, -0.25) is 9.78 Å². The molecule has 1 N–H and O–H groups in total. The van der Waals surface area contributed by atoms with Gasteiger partial charge in [0.25, 0.3) is 0 Å². The molecule has 0 saturated heterocycles. The molecule has 0 aliphatic rings. The molecule has 2 rings (SSSR count). The Labute approximate surface area is 111 Å². The third-order valence-corrected chi connectivity index (χ3v) is 2.74. The summed E-state index contributed by atoms with van der Waals surface area (Å²) in [4.78, 5) is 15.6. The maximum Gasteiger partial charge on any atom is 0.220 e. The number of aromatic nitrogens is 1. The number of nitrogens with one attached hydrogen (secondary N) is 1. The Kier molecular flexibility index (Phi) is 4.61. The molecule has 19 heavy (non-hydrogen) atoms. The first kappa shape index (κ1) is 13.2. The normalized spacial score (nSPS) is 10.2. The van der Waals surface area contributed by atoms with E-state index in [4.69, 9.17) is 0 Å². The number of halogens is 1. The van der Waals surface area contributed by atoms with Crippen LogP contribution in [0.25, 0.3) is 0 Å². The molecule has 0 aliphatic heterocycles. The van der Waals surface area contributed by atoms with E-state index in [-0.39, 0.29) is 11.7 Å². The maximum absolute atomic E-state index is 12.9. The average molecular weight is 258 g/mol. The summed E-state index contributed by atoms with van der Waals surface area (Å²) >= 11 is 0. The van der Waals surface area contributed by atoms with E-state index >= 15 is 0 Å². The first-order valence-electron chi connectivity index (χ1n) is 6.14. The molecule has 0 fully saturated rings. The molecule has 2 aromatic rings. The van der Waals surface area contributed by atoms with E-state index in [1.165, 1.54) is 12.1 Å². The summed E-state index contributed by atoms with van der Waals surface area (Å²) in [6.07, 6.45) is 4.51. The van der Waals surface area contributed by atoms with Gasteiger partial charge in [-0.2, -0.15) is 0 Å². The Morgan fingerprint density at radius 2 is 2.05 bits per heavy atom. The number of carbonyl (C=O) groups is 1. The van der Waals surface area contributed by atoms with Gasteiger partial charge in [0.1, 0.15) is 5.82 Å². The lowest BCUT2D eigenvalue weighted by molar-refractivity contribution is -0.121. The molecule has 0 unspecified atom stereocenters. The fourth-order valence-corrected chi connectivity index (χ4v) is 1.74. The van der Waals surface area contributed by atoms with E-state index < -0.39 is 0 Å². The average Bonchev–Trinajstić information content (AvgIpc) is 2.44. The molecule has 1 amide bonds. The molecule has 0 spiro atoms. The number of hydrogen-bond donors (Lipinski definition) is 1. The van der Waals surface area contributed by atoms with Gasteiger partial charge >= 0.3 is 0 Å². The Hall–Kier alpha value is -2.23. The van der Waals surface area contributed by atoms with Crippen molar-refractivity contribution in [2.75, 3.05) is 0 Å². The summed E-state index contributed by atoms with van der Waals surface area (Å²) in [5.41, 5.74) is 1.79. The fraction of sp³-hybridized carbons (Fsp3) is 0.200. The second-order valence-corrected chi connectivity index (χ2v) is 4.27. The highest BCUT2D eigenvalue weighted by atomic mass is 19.1. The number of amides is 1. The van der Waals surface area contributed by atoms with Crippen LogP contribution in [0.1, 0.15) is 17.5 Å². The van der Waals surface area contributed by atoms with Crippen molar-refractivity contribution in [3.05, 3.63) is 65.7 Å². The summed E-state index contributed by atoms with van der Waals surface area (Å²) < 4.78 is 12.9. The van der Waals surface area contributed by atoms with E-state index in [0.29, 0.717) is 19.4 Å². The number of carbonyl (C=O) groups excluding carboxylic acids is 1. The van der Waals surface area contributed by atoms with Gasteiger partial charge in [0.15, 0.2) is 0 Å². The molecular formula is C15H15FN2O. The van der Waals surface area contributed by atoms with Gasteiger partial charge in [-0.15, -0.1) is 0 Å². The van der Waals surface area contributed by atoms with Crippen LogP contribution in [0.3, 0.4) is 0 Å². The third kappa shape index (κ3) is 4.50. The highest BCUT2D eigenvalue weighted by Crippen LogP contribution is 2.04. The molecule has 0 aliphatic carbocycles. The lowest BCUT2D eigenvalue weighted by Gasteiger charge is -2.05. The molecule has 0 radical (unpaired) electrons. The van der Waals surface area contributed by atoms with Crippen molar-refractivity contribution >= 4 is 5.91 Å². The van der Waals surface area contributed by atoms with Crippen molar-refractivity contribution in [1.82, 2.24) is 10.3 Å². The van der Waals surface area contributed by atoms with E-state index in [2.05, 4.69) is 10.3 Å². The number of nitrogens with zero attached hydrogens (tertiary/aromatic N) is 1. The number of aryl methyl sites for hydroxylation is 1. The van der Waals surface area contributed by atoms with Gasteiger partial charge in [0, 0.05) is 25.4 Å². The standard InChI is InChI=1S/C15H15FN2O/c16-14-5-1-3-13(9-14)11-18-15(19)7-6-12-4-2-8-17-10-12/h1-5,8-10H,6-7,11H2,(H,18,19). The van der Waals surface area contributed by atoms with E-state index in [1.807, 2.05) is 12.1 Å². The number of hydrogen-bond acceptors (Lipinski definition) is 2. The predicted molar refractivity (Wildman–Crippen MR) is 70.8 cm³/mol. The fourth-order valence-electron chi connectivity index (χ4n) is 1.74. The van der Waals surface area contributed by atoms with Crippen molar-refractivity contribution in [3.8, 4) is 0 Å². The van der Waals surface area contributed by atoms with Crippen LogP contribution < -0.4 is 5.32 Å². The largest absolute Gasteiger partial charge is 0.352 e. The zero-order valence-electron chi connectivity index (χ0n) is 10.5. The van der Waals surface area contributed by atoms with Crippen LogP contribution in [0.4, 0.5) is 4.39 Å². The number of pyridine rings is 1. The molecule has 1 heterocycles. The minimum Gasteiger partial charge on any atom is -0.352 e. The molecular weight excluding hydrogens is 243 g/mol. The Morgan fingerprint density at radius 3 is 2.79 bits per heavy atom. The minimum absolute atomic E-state index is 0.0480. The second kappa shape index (κ2) is 6.64. The highest BCUT2D eigenvalue weighted by Gasteiger charge is 2.03. The summed E-state index contributed by atoms with van der Waals surface area (Å²) in [7, 11) is 0. The lowest BCUT2D eigenvalue weighted by Crippen LogP contribution is -2.23. The SMILES string of the molecule is O=C(CCc1cccnc1)NCc1cccc(F)c1. The predicted octanol–water partition coefficient (Wildman–Crippen LogP) is 2.47. The van der Waals surface area contributed by atoms with E-state index in [0.717, 1.165) is 11.1 Å². The summed E-state index contributed by atoms with van der Waals surface area (Å²) in [6, 6.07) is 10.00. The van der Waals surface area contributed by atoms with Crippen LogP contribution >= 0.6 is 0 Å². The monoisotopic (exact) mass is 258 g/mol. The van der Waals surface area contributed by atoms with Crippen LogP contribution in [0.5, 0.6) is 0 Å². The smallest absolute Gasteiger partial charge is 0.220 e. The molecule has 4 heteroatoms. The quantitative estimate of drug-likeness (QED) is 0.895. The zero-order chi connectivity index (χ0) is 13.5. The molecule has 1 aromatic heterocycles. The Morgan fingerprint density at radius 1 is 1.21 bits per heavy atom. The second-order valence-electron chi connectivity index (χ2n) is 4.27. The van der Waals surface area contributed by atoms with Gasteiger partial charge in [0.2, 0.25) is 5.91 Å². The maximum atomic E-state index is 12.9. The minimum atomic E-state index is -0.290. The van der Waals surface area contributed by atoms with Crippen molar-refractivity contribution in [3.63, 3.8) is 0 Å². The highest BCUT2D eigenvalue weighted by molar-refractivity contribution is 5.76.